The lowest BCUT2D eigenvalue weighted by Crippen LogP contribution is -2.42. The zero-order valence-electron chi connectivity index (χ0n) is 10.4. The highest BCUT2D eigenvalue weighted by Crippen LogP contribution is 2.07. The Balaban J connectivity index is 4.09. The predicted octanol–water partition coefficient (Wildman–Crippen LogP) is 2.04. The Morgan fingerprint density at radius 1 is 1.33 bits per heavy atom. The summed E-state index contributed by atoms with van der Waals surface area (Å²) in [4.78, 5) is 16.8. The van der Waals surface area contributed by atoms with E-state index in [9.17, 15) is 4.79 Å². The summed E-state index contributed by atoms with van der Waals surface area (Å²) >= 11 is 0. The second kappa shape index (κ2) is 6.80. The first-order valence-electron chi connectivity index (χ1n) is 5.50. The molecule has 0 aromatic rings. The van der Waals surface area contributed by atoms with Gasteiger partial charge in [-0.1, -0.05) is 13.3 Å². The van der Waals surface area contributed by atoms with Crippen molar-refractivity contribution in [2.45, 2.75) is 59.1 Å². The summed E-state index contributed by atoms with van der Waals surface area (Å²) in [5.74, 6) is -0.247. The third kappa shape index (κ3) is 7.33. The predicted molar refractivity (Wildman–Crippen MR) is 59.3 cm³/mol. The minimum Gasteiger partial charge on any atom is -0.465 e. The number of hydroxylamine groups is 1. The van der Waals surface area contributed by atoms with Gasteiger partial charge in [0.25, 0.3) is 0 Å². The molecule has 90 valence electrons. The largest absolute Gasteiger partial charge is 0.465 e. The summed E-state index contributed by atoms with van der Waals surface area (Å²) < 4.78 is 4.94. The fourth-order valence-corrected chi connectivity index (χ4v) is 1.00. The van der Waals surface area contributed by atoms with E-state index < -0.39 is 0 Å². The molecule has 1 atom stereocenters. The summed E-state index contributed by atoms with van der Waals surface area (Å²) in [7, 11) is 0. The normalized spacial score (nSPS) is 13.7. The Hall–Kier alpha value is -0.610. The molecule has 0 saturated carbocycles. The van der Waals surface area contributed by atoms with Gasteiger partial charge in [-0.15, -0.1) is 0 Å². The van der Waals surface area contributed by atoms with E-state index >= 15 is 0 Å². The molecule has 15 heavy (non-hydrogen) atoms. The van der Waals surface area contributed by atoms with E-state index in [2.05, 4.69) is 5.48 Å². The van der Waals surface area contributed by atoms with Gasteiger partial charge in [-0.3, -0.25) is 9.63 Å². The summed E-state index contributed by atoms with van der Waals surface area (Å²) in [6, 6.07) is -0.367. The Kier molecular flexibility index (Phi) is 6.52. The van der Waals surface area contributed by atoms with E-state index in [1.807, 2.05) is 27.7 Å². The lowest BCUT2D eigenvalue weighted by molar-refractivity contribution is -0.156. The van der Waals surface area contributed by atoms with Crippen LogP contribution in [0.15, 0.2) is 0 Å². The third-order valence-electron chi connectivity index (χ3n) is 1.66. The number of esters is 1. The van der Waals surface area contributed by atoms with Gasteiger partial charge in [0.15, 0.2) is 0 Å². The average molecular weight is 217 g/mol. The van der Waals surface area contributed by atoms with Crippen LogP contribution in [0, 0.1) is 0 Å². The number of rotatable bonds is 6. The molecule has 1 N–H and O–H groups in total. The van der Waals surface area contributed by atoms with Crippen molar-refractivity contribution in [3.63, 3.8) is 0 Å². The molecule has 1 unspecified atom stereocenters. The van der Waals surface area contributed by atoms with E-state index in [1.54, 1.807) is 6.92 Å². The van der Waals surface area contributed by atoms with Crippen molar-refractivity contribution in [3.05, 3.63) is 0 Å². The van der Waals surface area contributed by atoms with Crippen molar-refractivity contribution in [2.75, 3.05) is 6.61 Å². The summed E-state index contributed by atoms with van der Waals surface area (Å²) in [5, 5.41) is 0. The number of hydrogen-bond acceptors (Lipinski definition) is 4. The molecule has 0 saturated heterocycles. The molecular weight excluding hydrogens is 194 g/mol. The average Bonchev–Trinajstić information content (AvgIpc) is 2.11. The maximum absolute atomic E-state index is 11.5. The van der Waals surface area contributed by atoms with Gasteiger partial charge >= 0.3 is 5.97 Å². The number of carbonyl (C=O) groups excluding carboxylic acids is 1. The van der Waals surface area contributed by atoms with E-state index in [1.165, 1.54) is 0 Å². The minimum atomic E-state index is -0.367. The van der Waals surface area contributed by atoms with Crippen LogP contribution < -0.4 is 5.48 Å². The van der Waals surface area contributed by atoms with Crippen LogP contribution in [0.1, 0.15) is 47.5 Å². The van der Waals surface area contributed by atoms with Crippen molar-refractivity contribution in [1.82, 2.24) is 5.48 Å². The Labute approximate surface area is 92.3 Å². The van der Waals surface area contributed by atoms with Crippen LogP contribution in [0.2, 0.25) is 0 Å². The maximum Gasteiger partial charge on any atom is 0.325 e. The molecule has 0 aliphatic carbocycles. The number of carbonyl (C=O) groups is 1. The van der Waals surface area contributed by atoms with Gasteiger partial charge in [0.1, 0.15) is 6.04 Å². The first-order valence-corrected chi connectivity index (χ1v) is 5.50. The molecule has 4 heteroatoms. The van der Waals surface area contributed by atoms with E-state index in [4.69, 9.17) is 9.57 Å². The molecule has 0 heterocycles. The molecular formula is C11H23NO3. The van der Waals surface area contributed by atoms with Crippen LogP contribution in [-0.2, 0) is 14.4 Å². The maximum atomic E-state index is 11.5. The molecule has 0 aromatic heterocycles. The lowest BCUT2D eigenvalue weighted by Gasteiger charge is -2.23. The number of nitrogens with one attached hydrogen (secondary N) is 1. The van der Waals surface area contributed by atoms with Crippen LogP contribution >= 0.6 is 0 Å². The van der Waals surface area contributed by atoms with Crippen molar-refractivity contribution < 1.29 is 14.4 Å². The number of ether oxygens (including phenoxy) is 1. The monoisotopic (exact) mass is 217 g/mol. The second-order valence-electron chi connectivity index (χ2n) is 4.43. The summed E-state index contributed by atoms with van der Waals surface area (Å²) in [6.45, 7) is 9.99. The molecule has 0 aliphatic rings. The zero-order valence-corrected chi connectivity index (χ0v) is 10.4. The lowest BCUT2D eigenvalue weighted by atomic mass is 10.2. The van der Waals surface area contributed by atoms with Crippen molar-refractivity contribution >= 4 is 5.97 Å². The van der Waals surface area contributed by atoms with Crippen LogP contribution in [0.5, 0.6) is 0 Å². The topological polar surface area (TPSA) is 47.6 Å². The smallest absolute Gasteiger partial charge is 0.325 e. The molecule has 0 spiro atoms. The number of hydrogen-bond donors (Lipinski definition) is 1. The second-order valence-corrected chi connectivity index (χ2v) is 4.43. The molecule has 0 rings (SSSR count). The fraction of sp³-hybridized carbons (Fsp3) is 0.909. The zero-order chi connectivity index (χ0) is 11.9. The SMILES string of the molecule is CCCC(NOC(C)(C)C)C(=O)OCC. The molecule has 0 bridgehead atoms. The summed E-state index contributed by atoms with van der Waals surface area (Å²) in [6.07, 6.45) is 1.62. The highest BCUT2D eigenvalue weighted by atomic mass is 16.7. The quantitative estimate of drug-likeness (QED) is 0.546. The minimum absolute atomic E-state index is 0.247. The van der Waals surface area contributed by atoms with E-state index in [0.29, 0.717) is 6.61 Å². The van der Waals surface area contributed by atoms with Crippen LogP contribution in [0.25, 0.3) is 0 Å². The Bertz CT molecular complexity index is 187. The Morgan fingerprint density at radius 2 is 1.93 bits per heavy atom. The molecule has 0 radical (unpaired) electrons. The molecule has 0 aliphatic heterocycles. The summed E-state index contributed by atoms with van der Waals surface area (Å²) in [5.41, 5.74) is 2.46. The van der Waals surface area contributed by atoms with Gasteiger partial charge in [0.05, 0.1) is 12.2 Å². The van der Waals surface area contributed by atoms with Crippen molar-refractivity contribution in [2.24, 2.45) is 0 Å². The van der Waals surface area contributed by atoms with Gasteiger partial charge in [-0.2, -0.15) is 5.48 Å². The van der Waals surface area contributed by atoms with Crippen molar-refractivity contribution in [1.29, 1.82) is 0 Å². The molecule has 0 amide bonds. The fourth-order valence-electron chi connectivity index (χ4n) is 1.00. The van der Waals surface area contributed by atoms with Gasteiger partial charge in [-0.05, 0) is 34.1 Å². The highest BCUT2D eigenvalue weighted by Gasteiger charge is 2.21. The van der Waals surface area contributed by atoms with Crippen molar-refractivity contribution in [3.8, 4) is 0 Å². The standard InChI is InChI=1S/C11H23NO3/c1-6-8-9(10(13)14-7-2)12-15-11(3,4)5/h9,12H,6-8H2,1-5H3. The van der Waals surface area contributed by atoms with Crippen LogP contribution in [0.3, 0.4) is 0 Å². The van der Waals surface area contributed by atoms with Crippen LogP contribution in [0.4, 0.5) is 0 Å². The first kappa shape index (κ1) is 14.4. The van der Waals surface area contributed by atoms with Gasteiger partial charge in [0, 0.05) is 0 Å². The molecule has 0 fully saturated rings. The van der Waals surface area contributed by atoms with Gasteiger partial charge in [-0.25, -0.2) is 0 Å². The Morgan fingerprint density at radius 3 is 2.33 bits per heavy atom. The molecule has 0 aromatic carbocycles. The third-order valence-corrected chi connectivity index (χ3v) is 1.66. The highest BCUT2D eigenvalue weighted by molar-refractivity contribution is 5.75. The van der Waals surface area contributed by atoms with E-state index in [0.717, 1.165) is 12.8 Å². The molecule has 4 nitrogen and oxygen atoms in total. The van der Waals surface area contributed by atoms with Gasteiger partial charge in [0.2, 0.25) is 0 Å². The van der Waals surface area contributed by atoms with Crippen LogP contribution in [-0.4, -0.2) is 24.2 Å². The van der Waals surface area contributed by atoms with Gasteiger partial charge < -0.3 is 4.74 Å². The van der Waals surface area contributed by atoms with E-state index in [-0.39, 0.29) is 17.6 Å². The first-order chi connectivity index (χ1) is 6.90.